The van der Waals surface area contributed by atoms with Gasteiger partial charge in [0.1, 0.15) is 10.6 Å². The van der Waals surface area contributed by atoms with Crippen LogP contribution in [-0.2, 0) is 16.3 Å². The number of hydrogen-bond donors (Lipinski definition) is 1. The van der Waals surface area contributed by atoms with Crippen molar-refractivity contribution in [3.63, 3.8) is 0 Å². The van der Waals surface area contributed by atoms with Crippen LogP contribution in [0.5, 0.6) is 0 Å². The molecule has 0 saturated carbocycles. The van der Waals surface area contributed by atoms with E-state index in [1.807, 2.05) is 6.07 Å². The second-order valence-corrected chi connectivity index (χ2v) is 9.61. The van der Waals surface area contributed by atoms with E-state index in [1.165, 1.54) is 11.1 Å². The van der Waals surface area contributed by atoms with Crippen molar-refractivity contribution in [1.82, 2.24) is 9.97 Å². The first kappa shape index (κ1) is 16.5. The molecule has 8 heteroatoms. The van der Waals surface area contributed by atoms with E-state index in [9.17, 15) is 8.42 Å². The van der Waals surface area contributed by atoms with E-state index in [0.717, 1.165) is 16.6 Å². The molecule has 0 spiro atoms. The summed E-state index contributed by atoms with van der Waals surface area (Å²) in [5, 5.41) is 4.14. The molecule has 0 aliphatic rings. The summed E-state index contributed by atoms with van der Waals surface area (Å²) in [5.74, 6) is 0.581. The van der Waals surface area contributed by atoms with Gasteiger partial charge in [-0.25, -0.2) is 18.4 Å². The number of aromatic nitrogens is 2. The Morgan fingerprint density at radius 2 is 2.05 bits per heavy atom. The van der Waals surface area contributed by atoms with Crippen molar-refractivity contribution in [2.24, 2.45) is 0 Å². The Bertz CT molecular complexity index is 769. The highest BCUT2D eigenvalue weighted by molar-refractivity contribution is 7.92. The van der Waals surface area contributed by atoms with Crippen LogP contribution in [0.4, 0.5) is 5.82 Å². The molecule has 0 radical (unpaired) electrons. The van der Waals surface area contributed by atoms with Gasteiger partial charge in [0.25, 0.3) is 0 Å². The first-order chi connectivity index (χ1) is 9.64. The quantitative estimate of drug-likeness (QED) is 0.841. The Hall–Kier alpha value is -0.920. The van der Waals surface area contributed by atoms with Crippen molar-refractivity contribution in [1.29, 1.82) is 0 Å². The van der Waals surface area contributed by atoms with Crippen molar-refractivity contribution in [3.05, 3.63) is 16.2 Å². The zero-order chi connectivity index (χ0) is 15.8. The summed E-state index contributed by atoms with van der Waals surface area (Å²) in [6.07, 6.45) is 2.14. The van der Waals surface area contributed by atoms with E-state index < -0.39 is 14.6 Å². The average Bonchev–Trinajstić information content (AvgIpc) is 2.77. The zero-order valence-electron chi connectivity index (χ0n) is 12.4. The molecule has 0 atom stereocenters. The van der Waals surface area contributed by atoms with Crippen LogP contribution in [0.15, 0.2) is 6.07 Å². The lowest BCUT2D eigenvalue weighted by atomic mass is 10.2. The van der Waals surface area contributed by atoms with Crippen LogP contribution in [0.1, 0.15) is 25.6 Å². The number of anilines is 1. The van der Waals surface area contributed by atoms with Gasteiger partial charge < -0.3 is 5.32 Å². The molecule has 2 aromatic rings. The monoisotopic (exact) mass is 347 g/mol. The largest absolute Gasteiger partial charge is 0.368 e. The Morgan fingerprint density at radius 1 is 1.38 bits per heavy atom. The minimum atomic E-state index is -3.17. The van der Waals surface area contributed by atoms with Gasteiger partial charge in [0.05, 0.1) is 10.1 Å². The number of fused-ring (bicyclic) bond motifs is 1. The van der Waals surface area contributed by atoms with Crippen molar-refractivity contribution in [3.8, 4) is 0 Å². The Balaban J connectivity index is 2.36. The third-order valence-electron chi connectivity index (χ3n) is 3.45. The fraction of sp³-hybridized carbons (Fsp3) is 0.538. The summed E-state index contributed by atoms with van der Waals surface area (Å²) in [4.78, 5) is 10.4. The predicted octanol–water partition coefficient (Wildman–Crippen LogP) is 3.14. The van der Waals surface area contributed by atoms with E-state index in [-0.39, 0.29) is 11.8 Å². The lowest BCUT2D eigenvalue weighted by molar-refractivity contribution is 0.559. The minimum Gasteiger partial charge on any atom is -0.368 e. The summed E-state index contributed by atoms with van der Waals surface area (Å²) in [6, 6.07) is 2.02. The molecule has 0 aromatic carbocycles. The molecule has 0 fully saturated rings. The van der Waals surface area contributed by atoms with Gasteiger partial charge in [-0.1, -0.05) is 6.92 Å². The predicted molar refractivity (Wildman–Crippen MR) is 89.2 cm³/mol. The van der Waals surface area contributed by atoms with Crippen molar-refractivity contribution < 1.29 is 8.42 Å². The van der Waals surface area contributed by atoms with E-state index in [1.54, 1.807) is 25.2 Å². The summed E-state index contributed by atoms with van der Waals surface area (Å²) in [6.45, 7) is 5.69. The smallest absolute Gasteiger partial charge is 0.225 e. The fourth-order valence-corrected chi connectivity index (χ4v) is 3.20. The summed E-state index contributed by atoms with van der Waals surface area (Å²) in [7, 11) is -3.17. The molecule has 0 saturated heterocycles. The molecule has 0 aliphatic heterocycles. The van der Waals surface area contributed by atoms with Gasteiger partial charge in [0.15, 0.2) is 9.84 Å². The van der Waals surface area contributed by atoms with Gasteiger partial charge in [-0.05, 0) is 37.9 Å². The number of thiophene rings is 1. The first-order valence-corrected chi connectivity index (χ1v) is 9.62. The highest BCUT2D eigenvalue weighted by Crippen LogP contribution is 2.30. The maximum Gasteiger partial charge on any atom is 0.225 e. The van der Waals surface area contributed by atoms with Gasteiger partial charge in [0, 0.05) is 17.7 Å². The fourth-order valence-electron chi connectivity index (χ4n) is 1.68. The number of nitrogens with zero attached hydrogens (tertiary/aromatic N) is 2. The number of rotatable bonds is 5. The Morgan fingerprint density at radius 3 is 2.62 bits per heavy atom. The number of nitrogens with one attached hydrogen (secondary N) is 1. The average molecular weight is 348 g/mol. The van der Waals surface area contributed by atoms with Crippen molar-refractivity contribution >= 4 is 48.8 Å². The first-order valence-electron chi connectivity index (χ1n) is 6.53. The number of hydrogen-bond acceptors (Lipinski definition) is 6. The van der Waals surface area contributed by atoms with Crippen LogP contribution >= 0.6 is 22.9 Å². The molecular weight excluding hydrogens is 330 g/mol. The molecule has 0 bridgehead atoms. The molecule has 0 amide bonds. The number of halogens is 1. The van der Waals surface area contributed by atoms with E-state index in [0.29, 0.717) is 5.82 Å². The highest BCUT2D eigenvalue weighted by Gasteiger charge is 2.30. The molecule has 1 N–H and O–H groups in total. The molecule has 2 aromatic heterocycles. The van der Waals surface area contributed by atoms with Gasteiger partial charge in [-0.2, -0.15) is 0 Å². The van der Waals surface area contributed by atoms with Gasteiger partial charge in [0.2, 0.25) is 5.28 Å². The molecule has 0 unspecified atom stereocenters. The van der Waals surface area contributed by atoms with Crippen LogP contribution in [0.3, 0.4) is 0 Å². The molecule has 116 valence electrons. The van der Waals surface area contributed by atoms with Crippen LogP contribution in [0.2, 0.25) is 5.28 Å². The molecular formula is C13H18ClN3O2S2. The molecule has 5 nitrogen and oxygen atoms in total. The van der Waals surface area contributed by atoms with Gasteiger partial charge in [-0.15, -0.1) is 11.3 Å². The normalized spacial score (nSPS) is 12.8. The minimum absolute atomic E-state index is 0.159. The number of sulfone groups is 1. The van der Waals surface area contributed by atoms with E-state index >= 15 is 0 Å². The maximum absolute atomic E-state index is 11.8. The topological polar surface area (TPSA) is 72.0 Å². The van der Waals surface area contributed by atoms with Gasteiger partial charge in [-0.3, -0.25) is 0 Å². The van der Waals surface area contributed by atoms with Crippen LogP contribution < -0.4 is 5.32 Å². The van der Waals surface area contributed by atoms with Crippen LogP contribution in [-0.4, -0.2) is 35.9 Å². The lowest BCUT2D eigenvalue weighted by Gasteiger charge is -2.23. The second-order valence-electron chi connectivity index (χ2n) is 5.51. The SMILES string of the molecule is CCc1cc2c(NCC(C)(C)S(C)(=O)=O)nc(Cl)nc2s1. The third kappa shape index (κ3) is 3.46. The molecule has 2 heterocycles. The molecule has 0 aliphatic carbocycles. The lowest BCUT2D eigenvalue weighted by Crippen LogP contribution is -2.38. The third-order valence-corrected chi connectivity index (χ3v) is 6.94. The zero-order valence-corrected chi connectivity index (χ0v) is 14.8. The summed E-state index contributed by atoms with van der Waals surface area (Å²) >= 11 is 7.51. The van der Waals surface area contributed by atoms with Gasteiger partial charge >= 0.3 is 0 Å². The standard InChI is InChI=1S/C13H18ClN3O2S2/c1-5-8-6-9-10(16-12(14)17-11(9)20-8)15-7-13(2,3)21(4,18)19/h6H,5,7H2,1-4H3,(H,15,16,17). The Kier molecular flexibility index (Phi) is 4.46. The Labute approximate surface area is 133 Å². The van der Waals surface area contributed by atoms with Crippen LogP contribution in [0, 0.1) is 0 Å². The van der Waals surface area contributed by atoms with E-state index in [2.05, 4.69) is 22.2 Å². The molecule has 21 heavy (non-hydrogen) atoms. The molecule has 2 rings (SSSR count). The summed E-state index contributed by atoms with van der Waals surface area (Å²) in [5.41, 5.74) is 0. The summed E-state index contributed by atoms with van der Waals surface area (Å²) < 4.78 is 22.6. The van der Waals surface area contributed by atoms with Crippen LogP contribution in [0.25, 0.3) is 10.2 Å². The highest BCUT2D eigenvalue weighted by atomic mass is 35.5. The van der Waals surface area contributed by atoms with E-state index in [4.69, 9.17) is 11.6 Å². The number of aryl methyl sites for hydroxylation is 1. The van der Waals surface area contributed by atoms with Crippen molar-refractivity contribution in [2.75, 3.05) is 18.1 Å². The second kappa shape index (κ2) is 5.70. The van der Waals surface area contributed by atoms with Crippen molar-refractivity contribution in [2.45, 2.75) is 31.9 Å². The maximum atomic E-state index is 11.8.